The third-order valence-electron chi connectivity index (χ3n) is 1.75. The Kier molecular flexibility index (Phi) is 4.32. The van der Waals surface area contributed by atoms with Crippen LogP contribution < -0.4 is 10.5 Å². The van der Waals surface area contributed by atoms with Gasteiger partial charge in [-0.2, -0.15) is 8.78 Å². The van der Waals surface area contributed by atoms with E-state index in [1.807, 2.05) is 0 Å². The second kappa shape index (κ2) is 5.18. The maximum absolute atomic E-state index is 12.6. The zero-order chi connectivity index (χ0) is 13.2. The van der Waals surface area contributed by atoms with Gasteiger partial charge in [0.1, 0.15) is 0 Å². The van der Waals surface area contributed by atoms with Gasteiger partial charge in [0.05, 0.1) is 10.0 Å². The quantitative estimate of drug-likeness (QED) is 0.675. The monoisotopic (exact) mass is 291 g/mol. The van der Waals surface area contributed by atoms with E-state index in [1.165, 1.54) is 12.1 Å². The predicted molar refractivity (Wildman–Crippen MR) is 57.3 cm³/mol. The van der Waals surface area contributed by atoms with Gasteiger partial charge in [-0.25, -0.2) is 8.78 Å². The third-order valence-corrected chi connectivity index (χ3v) is 2.31. The number of anilines is 1. The normalized spacial score (nSPS) is 11.9. The summed E-state index contributed by atoms with van der Waals surface area (Å²) in [6.07, 6.45) is -3.83. The van der Waals surface area contributed by atoms with Crippen molar-refractivity contribution in [2.24, 2.45) is 0 Å². The zero-order valence-electron chi connectivity index (χ0n) is 8.19. The molecule has 0 saturated carbocycles. The van der Waals surface area contributed by atoms with Crippen LogP contribution in [-0.4, -0.2) is 19.0 Å². The van der Waals surface area contributed by atoms with Crippen molar-refractivity contribution in [3.05, 3.63) is 22.2 Å². The lowest BCUT2D eigenvalue weighted by Gasteiger charge is -2.17. The van der Waals surface area contributed by atoms with Gasteiger partial charge in [0.2, 0.25) is 0 Å². The number of nitrogen functional groups attached to an aromatic ring is 1. The molecule has 0 fully saturated rings. The fourth-order valence-electron chi connectivity index (χ4n) is 0.949. The maximum Gasteiger partial charge on any atom is 0.340 e. The first-order chi connectivity index (χ1) is 7.74. The number of nitrogens with two attached hydrogens (primary N) is 1. The molecular weight excluding hydrogens is 285 g/mol. The molecule has 0 saturated heterocycles. The number of hydrogen-bond donors (Lipinski definition) is 1. The molecular formula is C9H7Cl2F4NO. The van der Waals surface area contributed by atoms with Gasteiger partial charge in [0.25, 0.3) is 0 Å². The number of alkyl halides is 4. The fraction of sp³-hybridized carbons (Fsp3) is 0.333. The van der Waals surface area contributed by atoms with Gasteiger partial charge in [0, 0.05) is 5.69 Å². The highest BCUT2D eigenvalue weighted by molar-refractivity contribution is 6.37. The van der Waals surface area contributed by atoms with Crippen molar-refractivity contribution >= 4 is 28.9 Å². The van der Waals surface area contributed by atoms with Gasteiger partial charge in [-0.05, 0) is 12.1 Å². The molecule has 0 spiro atoms. The Morgan fingerprint density at radius 1 is 1.24 bits per heavy atom. The van der Waals surface area contributed by atoms with E-state index in [0.29, 0.717) is 0 Å². The standard InChI is InChI=1S/C9H7Cl2F4NO/c10-5-1-4(16)2-6(11)7(5)17-3-9(14,15)8(12)13/h1-2,8H,3,16H2. The Labute approximate surface area is 104 Å². The Balaban J connectivity index is 2.83. The first kappa shape index (κ1) is 14.2. The van der Waals surface area contributed by atoms with Crippen molar-refractivity contribution in [1.29, 1.82) is 0 Å². The Morgan fingerprint density at radius 2 is 1.71 bits per heavy atom. The van der Waals surface area contributed by atoms with Gasteiger partial charge in [0.15, 0.2) is 12.4 Å². The molecule has 0 unspecified atom stereocenters. The van der Waals surface area contributed by atoms with E-state index >= 15 is 0 Å². The molecule has 1 aromatic carbocycles. The molecule has 17 heavy (non-hydrogen) atoms. The molecule has 0 aliphatic heterocycles. The molecule has 8 heteroatoms. The molecule has 0 atom stereocenters. The fourth-order valence-corrected chi connectivity index (χ4v) is 1.56. The largest absolute Gasteiger partial charge is 0.484 e. The van der Waals surface area contributed by atoms with Gasteiger partial charge >= 0.3 is 12.3 Å². The van der Waals surface area contributed by atoms with Gasteiger partial charge in [-0.15, -0.1) is 0 Å². The lowest BCUT2D eigenvalue weighted by molar-refractivity contribution is -0.148. The van der Waals surface area contributed by atoms with Crippen molar-refractivity contribution in [2.45, 2.75) is 12.3 Å². The average molecular weight is 292 g/mol. The highest BCUT2D eigenvalue weighted by atomic mass is 35.5. The summed E-state index contributed by atoms with van der Waals surface area (Å²) in [5.41, 5.74) is 5.57. The van der Waals surface area contributed by atoms with E-state index in [1.54, 1.807) is 0 Å². The molecule has 2 N–H and O–H groups in total. The van der Waals surface area contributed by atoms with Crippen LogP contribution in [0.3, 0.4) is 0 Å². The minimum atomic E-state index is -4.27. The maximum atomic E-state index is 12.6. The van der Waals surface area contributed by atoms with Crippen LogP contribution in [0.15, 0.2) is 12.1 Å². The van der Waals surface area contributed by atoms with Crippen LogP contribution in [0.2, 0.25) is 10.0 Å². The lowest BCUT2D eigenvalue weighted by Crippen LogP contribution is -2.33. The van der Waals surface area contributed by atoms with Crippen molar-refractivity contribution < 1.29 is 22.3 Å². The summed E-state index contributed by atoms with van der Waals surface area (Å²) >= 11 is 11.2. The van der Waals surface area contributed by atoms with E-state index in [4.69, 9.17) is 28.9 Å². The number of halogens is 6. The number of rotatable bonds is 4. The lowest BCUT2D eigenvalue weighted by atomic mass is 10.3. The first-order valence-electron chi connectivity index (χ1n) is 4.27. The van der Waals surface area contributed by atoms with Crippen LogP contribution in [0.1, 0.15) is 0 Å². The minimum Gasteiger partial charge on any atom is -0.484 e. The first-order valence-corrected chi connectivity index (χ1v) is 5.03. The topological polar surface area (TPSA) is 35.2 Å². The molecule has 0 aliphatic carbocycles. The van der Waals surface area contributed by atoms with Gasteiger partial charge in [-0.3, -0.25) is 0 Å². The van der Waals surface area contributed by atoms with E-state index < -0.39 is 19.0 Å². The molecule has 2 nitrogen and oxygen atoms in total. The van der Waals surface area contributed by atoms with Crippen molar-refractivity contribution in [1.82, 2.24) is 0 Å². The molecule has 0 bridgehead atoms. The summed E-state index contributed by atoms with van der Waals surface area (Å²) in [5, 5.41) is -0.250. The summed E-state index contributed by atoms with van der Waals surface area (Å²) < 4.78 is 53.4. The highest BCUT2D eigenvalue weighted by Gasteiger charge is 2.42. The third kappa shape index (κ3) is 3.54. The van der Waals surface area contributed by atoms with Crippen molar-refractivity contribution in [3.8, 4) is 5.75 Å². The van der Waals surface area contributed by atoms with Crippen LogP contribution in [0.25, 0.3) is 0 Å². The molecule has 1 aromatic rings. The molecule has 1 rings (SSSR count). The molecule has 0 heterocycles. The smallest absolute Gasteiger partial charge is 0.340 e. The van der Waals surface area contributed by atoms with Crippen LogP contribution >= 0.6 is 23.2 Å². The second-order valence-corrected chi connectivity index (χ2v) is 3.98. The average Bonchev–Trinajstić information content (AvgIpc) is 2.15. The van der Waals surface area contributed by atoms with Crippen LogP contribution in [-0.2, 0) is 0 Å². The summed E-state index contributed by atoms with van der Waals surface area (Å²) in [6, 6.07) is 2.42. The van der Waals surface area contributed by atoms with Crippen LogP contribution in [0.4, 0.5) is 23.2 Å². The Morgan fingerprint density at radius 3 is 2.12 bits per heavy atom. The number of benzene rings is 1. The van der Waals surface area contributed by atoms with Crippen LogP contribution in [0.5, 0.6) is 5.75 Å². The molecule has 0 radical (unpaired) electrons. The van der Waals surface area contributed by atoms with E-state index in [0.717, 1.165) is 0 Å². The Bertz CT molecular complexity index is 391. The summed E-state index contributed by atoms with van der Waals surface area (Å²) in [4.78, 5) is 0. The van der Waals surface area contributed by atoms with Gasteiger partial charge in [-0.1, -0.05) is 23.2 Å². The zero-order valence-corrected chi connectivity index (χ0v) is 9.70. The van der Waals surface area contributed by atoms with E-state index in [-0.39, 0.29) is 21.5 Å². The van der Waals surface area contributed by atoms with E-state index in [9.17, 15) is 17.6 Å². The summed E-state index contributed by atoms with van der Waals surface area (Å²) in [5.74, 6) is -4.57. The Hall–Kier alpha value is -0.880. The van der Waals surface area contributed by atoms with Crippen molar-refractivity contribution in [2.75, 3.05) is 12.3 Å². The van der Waals surface area contributed by atoms with Crippen LogP contribution in [0, 0.1) is 0 Å². The molecule has 96 valence electrons. The van der Waals surface area contributed by atoms with Gasteiger partial charge < -0.3 is 10.5 Å². The number of hydrogen-bond acceptors (Lipinski definition) is 2. The second-order valence-electron chi connectivity index (χ2n) is 3.16. The number of ether oxygens (including phenoxy) is 1. The molecule has 0 aromatic heterocycles. The molecule has 0 aliphatic rings. The minimum absolute atomic E-state index is 0.125. The SMILES string of the molecule is Nc1cc(Cl)c(OCC(F)(F)C(F)F)c(Cl)c1. The molecule has 0 amide bonds. The van der Waals surface area contributed by atoms with E-state index in [2.05, 4.69) is 4.74 Å². The predicted octanol–water partition coefficient (Wildman–Crippen LogP) is 3.85. The summed E-state index contributed by atoms with van der Waals surface area (Å²) in [6.45, 7) is -1.52. The highest BCUT2D eigenvalue weighted by Crippen LogP contribution is 2.36. The summed E-state index contributed by atoms with van der Waals surface area (Å²) in [7, 11) is 0. The van der Waals surface area contributed by atoms with Crippen molar-refractivity contribution in [3.63, 3.8) is 0 Å².